The number of ketones is 1. The summed E-state index contributed by atoms with van der Waals surface area (Å²) in [6.07, 6.45) is 3.46. The number of nitrogens with zero attached hydrogens (tertiary/aromatic N) is 1. The lowest BCUT2D eigenvalue weighted by Gasteiger charge is -2.05. The third kappa shape index (κ3) is 1.50. The number of rotatable bonds is 1. The molecule has 0 aliphatic heterocycles. The number of allylic oxidation sites excluding steroid dienone is 2. The van der Waals surface area contributed by atoms with E-state index in [1.165, 1.54) is 12.2 Å². The lowest BCUT2D eigenvalue weighted by Crippen LogP contribution is -2.27. The summed E-state index contributed by atoms with van der Waals surface area (Å²) in [6.45, 7) is 0. The zero-order valence-corrected chi connectivity index (χ0v) is 5.56. The summed E-state index contributed by atoms with van der Waals surface area (Å²) in [6, 6.07) is -0.761. The van der Waals surface area contributed by atoms with Gasteiger partial charge >= 0.3 is 0 Å². The smallest absolute Gasteiger partial charge is 0.270 e. The first-order valence-electron chi connectivity index (χ1n) is 2.95. The molecule has 1 aliphatic rings. The van der Waals surface area contributed by atoms with Gasteiger partial charge in [-0.3, -0.25) is 14.9 Å². The van der Waals surface area contributed by atoms with Gasteiger partial charge in [0, 0.05) is 0 Å². The summed E-state index contributed by atoms with van der Waals surface area (Å²) < 4.78 is 0. The largest absolute Gasteiger partial charge is 0.316 e. The molecule has 1 unspecified atom stereocenters. The number of carbonyl (C=O) groups is 1. The Morgan fingerprint density at radius 2 is 2.27 bits per heavy atom. The average Bonchev–Trinajstić information content (AvgIpc) is 1.94. The minimum atomic E-state index is -0.761. The quantitative estimate of drug-likeness (QED) is 0.411. The van der Waals surface area contributed by atoms with Gasteiger partial charge in [-0.05, 0) is 6.08 Å². The number of hydrogen-bond donors (Lipinski definition) is 1. The van der Waals surface area contributed by atoms with E-state index in [4.69, 9.17) is 5.73 Å². The highest BCUT2D eigenvalue weighted by Crippen LogP contribution is 2.07. The lowest BCUT2D eigenvalue weighted by atomic mass is 10.1. The van der Waals surface area contributed by atoms with E-state index < -0.39 is 16.7 Å². The lowest BCUT2D eigenvalue weighted by molar-refractivity contribution is -0.428. The van der Waals surface area contributed by atoms with Gasteiger partial charge in [0.2, 0.25) is 0 Å². The maximum absolute atomic E-state index is 10.6. The molecule has 1 atom stereocenters. The second-order valence-electron chi connectivity index (χ2n) is 2.11. The molecule has 0 saturated carbocycles. The minimum Gasteiger partial charge on any atom is -0.316 e. The molecule has 0 spiro atoms. The van der Waals surface area contributed by atoms with Crippen LogP contribution in [0.3, 0.4) is 0 Å². The van der Waals surface area contributed by atoms with Gasteiger partial charge in [-0.1, -0.05) is 6.08 Å². The molecule has 0 radical (unpaired) electrons. The van der Waals surface area contributed by atoms with Crippen LogP contribution >= 0.6 is 0 Å². The molecule has 0 amide bonds. The van der Waals surface area contributed by atoms with Gasteiger partial charge in [0.15, 0.2) is 5.78 Å². The van der Waals surface area contributed by atoms with Crippen LogP contribution < -0.4 is 5.73 Å². The summed E-state index contributed by atoms with van der Waals surface area (Å²) in [5, 5.41) is 10.2. The van der Waals surface area contributed by atoms with Crippen LogP contribution in [0.4, 0.5) is 0 Å². The van der Waals surface area contributed by atoms with Crippen LogP contribution in [0.1, 0.15) is 0 Å². The molecular weight excluding hydrogens is 148 g/mol. The van der Waals surface area contributed by atoms with Gasteiger partial charge in [0.1, 0.15) is 6.04 Å². The van der Waals surface area contributed by atoms with Crippen molar-refractivity contribution in [1.29, 1.82) is 0 Å². The molecule has 0 aromatic carbocycles. The van der Waals surface area contributed by atoms with E-state index in [2.05, 4.69) is 0 Å². The summed E-state index contributed by atoms with van der Waals surface area (Å²) in [5.41, 5.74) is 5.04. The molecule has 5 nitrogen and oxygen atoms in total. The second-order valence-corrected chi connectivity index (χ2v) is 2.11. The van der Waals surface area contributed by atoms with Crippen LogP contribution in [0, 0.1) is 10.1 Å². The Kier molecular flexibility index (Phi) is 1.82. The monoisotopic (exact) mass is 154 g/mol. The first-order valence-corrected chi connectivity index (χ1v) is 2.95. The van der Waals surface area contributed by atoms with E-state index in [9.17, 15) is 14.9 Å². The van der Waals surface area contributed by atoms with E-state index in [1.807, 2.05) is 0 Å². The topological polar surface area (TPSA) is 86.2 Å². The fourth-order valence-electron chi connectivity index (χ4n) is 0.762. The van der Waals surface area contributed by atoms with Crippen molar-refractivity contribution in [1.82, 2.24) is 0 Å². The van der Waals surface area contributed by atoms with E-state index in [-0.39, 0.29) is 5.70 Å². The van der Waals surface area contributed by atoms with Crippen LogP contribution in [0.2, 0.25) is 0 Å². The normalized spacial score (nSPS) is 23.2. The Morgan fingerprint density at radius 1 is 1.64 bits per heavy atom. The first-order chi connectivity index (χ1) is 5.11. The fraction of sp³-hybridized carbons (Fsp3) is 0.167. The number of hydrogen-bond acceptors (Lipinski definition) is 4. The van der Waals surface area contributed by atoms with Gasteiger partial charge in [0.05, 0.1) is 11.0 Å². The Labute approximate surface area is 62.3 Å². The molecule has 0 aromatic rings. The molecular formula is C6H6N2O3. The molecule has 1 rings (SSSR count). The predicted molar refractivity (Wildman–Crippen MR) is 37.2 cm³/mol. The van der Waals surface area contributed by atoms with Crippen molar-refractivity contribution < 1.29 is 9.72 Å². The van der Waals surface area contributed by atoms with Crippen LogP contribution in [0.25, 0.3) is 0 Å². The SMILES string of the molecule is NC1C=CC(=O)C=C1[N+](=O)[O-]. The predicted octanol–water partition coefficient (Wildman–Crippen LogP) is -0.387. The van der Waals surface area contributed by atoms with Crippen molar-refractivity contribution in [3.63, 3.8) is 0 Å². The summed E-state index contributed by atoms with van der Waals surface area (Å²) >= 11 is 0. The van der Waals surface area contributed by atoms with Gasteiger partial charge in [-0.15, -0.1) is 0 Å². The molecule has 0 aromatic heterocycles. The van der Waals surface area contributed by atoms with E-state index in [1.54, 1.807) is 0 Å². The molecule has 5 heteroatoms. The van der Waals surface area contributed by atoms with Crippen LogP contribution in [0.5, 0.6) is 0 Å². The molecule has 0 fully saturated rings. The summed E-state index contributed by atoms with van der Waals surface area (Å²) in [5.74, 6) is -0.390. The number of nitro groups is 1. The molecule has 1 aliphatic carbocycles. The zero-order chi connectivity index (χ0) is 8.43. The van der Waals surface area contributed by atoms with Crippen molar-refractivity contribution in [2.75, 3.05) is 0 Å². The highest BCUT2D eigenvalue weighted by atomic mass is 16.6. The molecule has 58 valence electrons. The zero-order valence-electron chi connectivity index (χ0n) is 5.56. The van der Waals surface area contributed by atoms with Gasteiger partial charge in [-0.25, -0.2) is 0 Å². The molecule has 0 bridgehead atoms. The molecule has 0 heterocycles. The third-order valence-electron chi connectivity index (χ3n) is 1.31. The third-order valence-corrected chi connectivity index (χ3v) is 1.31. The van der Waals surface area contributed by atoms with E-state index in [0.717, 1.165) is 6.08 Å². The van der Waals surface area contributed by atoms with Crippen LogP contribution in [-0.4, -0.2) is 16.7 Å². The van der Waals surface area contributed by atoms with Crippen LogP contribution in [-0.2, 0) is 4.79 Å². The van der Waals surface area contributed by atoms with E-state index in [0.29, 0.717) is 0 Å². The summed E-state index contributed by atoms with van der Waals surface area (Å²) in [7, 11) is 0. The number of nitrogens with two attached hydrogens (primary N) is 1. The standard InChI is InChI=1S/C6H6N2O3/c7-5-2-1-4(9)3-6(5)8(10)11/h1-3,5H,7H2. The highest BCUT2D eigenvalue weighted by molar-refractivity contribution is 6.00. The fourth-order valence-corrected chi connectivity index (χ4v) is 0.762. The van der Waals surface area contributed by atoms with Crippen molar-refractivity contribution >= 4 is 5.78 Å². The second kappa shape index (κ2) is 2.63. The van der Waals surface area contributed by atoms with Crippen molar-refractivity contribution in [2.24, 2.45) is 5.73 Å². The average molecular weight is 154 g/mol. The van der Waals surface area contributed by atoms with E-state index >= 15 is 0 Å². The molecule has 11 heavy (non-hydrogen) atoms. The minimum absolute atomic E-state index is 0.252. The molecule has 0 saturated heterocycles. The van der Waals surface area contributed by atoms with Crippen molar-refractivity contribution in [2.45, 2.75) is 6.04 Å². The Morgan fingerprint density at radius 3 is 2.73 bits per heavy atom. The van der Waals surface area contributed by atoms with Gasteiger partial charge in [0.25, 0.3) is 5.70 Å². The van der Waals surface area contributed by atoms with Gasteiger partial charge < -0.3 is 5.73 Å². The summed E-state index contributed by atoms with van der Waals surface area (Å²) in [4.78, 5) is 20.1. The maximum Gasteiger partial charge on any atom is 0.270 e. The van der Waals surface area contributed by atoms with Crippen LogP contribution in [0.15, 0.2) is 23.9 Å². The molecule has 2 N–H and O–H groups in total. The highest BCUT2D eigenvalue weighted by Gasteiger charge is 2.22. The Balaban J connectivity index is 2.93. The Bertz CT molecular complexity index is 267. The first kappa shape index (κ1) is 7.62. The van der Waals surface area contributed by atoms with Crippen molar-refractivity contribution in [3.05, 3.63) is 34.0 Å². The van der Waals surface area contributed by atoms with Gasteiger partial charge in [-0.2, -0.15) is 0 Å². The maximum atomic E-state index is 10.6. The number of carbonyl (C=O) groups excluding carboxylic acids is 1. The Hall–Kier alpha value is -1.49. The van der Waals surface area contributed by atoms with Crippen molar-refractivity contribution in [3.8, 4) is 0 Å².